The lowest BCUT2D eigenvalue weighted by atomic mass is 9.91. The number of rotatable bonds is 1. The van der Waals surface area contributed by atoms with Crippen LogP contribution in [0, 0.1) is 0 Å². The van der Waals surface area contributed by atoms with Crippen LogP contribution in [0.3, 0.4) is 0 Å². The van der Waals surface area contributed by atoms with Crippen LogP contribution in [0.5, 0.6) is 0 Å². The van der Waals surface area contributed by atoms with Gasteiger partial charge in [-0.05, 0) is 37.5 Å². The normalized spacial score (nSPS) is 19.9. The van der Waals surface area contributed by atoms with E-state index in [0.29, 0.717) is 6.04 Å². The first-order valence-electron chi connectivity index (χ1n) is 5.13. The van der Waals surface area contributed by atoms with Crippen molar-refractivity contribution in [3.05, 3.63) is 23.2 Å². The fourth-order valence-electron chi connectivity index (χ4n) is 1.92. The summed E-state index contributed by atoms with van der Waals surface area (Å²) in [5.74, 6) is 0. The van der Waals surface area contributed by atoms with E-state index in [0.717, 1.165) is 9.92 Å². The van der Waals surface area contributed by atoms with Crippen molar-refractivity contribution in [2.24, 2.45) is 4.40 Å². The van der Waals surface area contributed by atoms with Gasteiger partial charge in [-0.25, -0.2) is 4.40 Å². The monoisotopic (exact) mass is 238 g/mol. The molecule has 1 aliphatic carbocycles. The molecule has 78 valence electrons. The molecule has 2 aliphatic rings. The van der Waals surface area contributed by atoms with Crippen LogP contribution in [-0.4, -0.2) is 12.4 Å². The van der Waals surface area contributed by atoms with E-state index in [2.05, 4.69) is 15.4 Å². The van der Waals surface area contributed by atoms with Gasteiger partial charge in [0.2, 0.25) is 0 Å². The van der Waals surface area contributed by atoms with Crippen molar-refractivity contribution in [3.63, 3.8) is 0 Å². The van der Waals surface area contributed by atoms with Gasteiger partial charge in [-0.1, -0.05) is 11.6 Å². The van der Waals surface area contributed by atoms with E-state index < -0.39 is 0 Å². The Morgan fingerprint density at radius 2 is 2.27 bits per heavy atom. The fourth-order valence-corrected chi connectivity index (χ4v) is 2.87. The third-order valence-electron chi connectivity index (χ3n) is 2.99. The average Bonchev–Trinajstić information content (AvgIpc) is 2.15. The lowest BCUT2D eigenvalue weighted by Crippen LogP contribution is -2.40. The maximum absolute atomic E-state index is 5.97. The number of halogens is 1. The first kappa shape index (κ1) is 9.55. The number of nitrogens with zero attached hydrogens (tertiary/aromatic N) is 2. The topological polar surface area (TPSA) is 15.6 Å². The molecule has 0 bridgehead atoms. The molecule has 3 rings (SSSR count). The smallest absolute Gasteiger partial charge is 0.104 e. The number of fused-ring (bicyclic) bond motifs is 1. The Morgan fingerprint density at radius 3 is 3.00 bits per heavy atom. The minimum atomic E-state index is 0.648. The number of benzene rings is 1. The van der Waals surface area contributed by atoms with Gasteiger partial charge in [-0.15, -0.1) is 0 Å². The van der Waals surface area contributed by atoms with Gasteiger partial charge < -0.3 is 4.90 Å². The molecule has 0 spiro atoms. The van der Waals surface area contributed by atoms with Gasteiger partial charge in [0, 0.05) is 23.0 Å². The summed E-state index contributed by atoms with van der Waals surface area (Å²) in [6.45, 7) is 0. The second kappa shape index (κ2) is 3.72. The van der Waals surface area contributed by atoms with Crippen LogP contribution in [-0.2, 0) is 0 Å². The fraction of sp³-hybridized carbons (Fsp3) is 0.364. The average molecular weight is 239 g/mol. The highest BCUT2D eigenvalue weighted by Gasteiger charge is 2.27. The molecule has 0 saturated heterocycles. The number of hydrogen-bond acceptors (Lipinski definition) is 3. The summed E-state index contributed by atoms with van der Waals surface area (Å²) in [6, 6.07) is 6.68. The summed E-state index contributed by atoms with van der Waals surface area (Å²) in [4.78, 5) is 3.45. The Morgan fingerprint density at radius 1 is 1.40 bits per heavy atom. The van der Waals surface area contributed by atoms with E-state index in [-0.39, 0.29) is 0 Å². The minimum absolute atomic E-state index is 0.648. The van der Waals surface area contributed by atoms with E-state index in [1.54, 1.807) is 0 Å². The molecule has 1 fully saturated rings. The van der Waals surface area contributed by atoms with Crippen LogP contribution in [0.2, 0.25) is 5.02 Å². The van der Waals surface area contributed by atoms with Crippen LogP contribution in [0.15, 0.2) is 27.5 Å². The highest BCUT2D eigenvalue weighted by molar-refractivity contribution is 7.98. The molecule has 4 heteroatoms. The quantitative estimate of drug-likeness (QED) is 0.693. The van der Waals surface area contributed by atoms with Gasteiger partial charge in [-0.2, -0.15) is 0 Å². The van der Waals surface area contributed by atoms with Crippen molar-refractivity contribution >= 4 is 35.6 Å². The zero-order valence-corrected chi connectivity index (χ0v) is 9.76. The third kappa shape index (κ3) is 1.64. The van der Waals surface area contributed by atoms with Gasteiger partial charge in [0.25, 0.3) is 0 Å². The second-order valence-electron chi connectivity index (χ2n) is 3.92. The first-order chi connectivity index (χ1) is 7.34. The molecule has 1 heterocycles. The lowest BCUT2D eigenvalue weighted by molar-refractivity contribution is 0.417. The van der Waals surface area contributed by atoms with Crippen LogP contribution in [0.1, 0.15) is 19.3 Å². The molecule has 15 heavy (non-hydrogen) atoms. The van der Waals surface area contributed by atoms with Crippen LogP contribution in [0.4, 0.5) is 5.69 Å². The summed E-state index contributed by atoms with van der Waals surface area (Å²) in [7, 11) is 0. The molecule has 0 N–H and O–H groups in total. The largest absolute Gasteiger partial charge is 0.328 e. The molecule has 1 saturated carbocycles. The van der Waals surface area contributed by atoms with E-state index in [1.807, 2.05) is 18.5 Å². The summed E-state index contributed by atoms with van der Waals surface area (Å²) in [6.07, 6.45) is 5.84. The summed E-state index contributed by atoms with van der Waals surface area (Å²) in [5, 5.41) is 0.784. The summed E-state index contributed by atoms with van der Waals surface area (Å²) >= 11 is 7.47. The van der Waals surface area contributed by atoms with Crippen LogP contribution in [0.25, 0.3) is 0 Å². The highest BCUT2D eigenvalue weighted by atomic mass is 35.5. The zero-order chi connectivity index (χ0) is 10.3. The van der Waals surface area contributed by atoms with E-state index >= 15 is 0 Å². The van der Waals surface area contributed by atoms with Gasteiger partial charge in [0.05, 0.1) is 10.6 Å². The maximum atomic E-state index is 5.97. The van der Waals surface area contributed by atoms with Crippen molar-refractivity contribution in [2.75, 3.05) is 4.90 Å². The van der Waals surface area contributed by atoms with E-state index in [1.165, 1.54) is 36.9 Å². The Balaban J connectivity index is 1.98. The summed E-state index contributed by atoms with van der Waals surface area (Å²) in [5.41, 5.74) is 1.25. The standard InChI is InChI=1S/C11H11ClN2S/c12-8-4-5-10-11(6-8)15-13-7-14(10)9-2-1-3-9/h4-7,9H,1-3H2. The number of hydrogen-bond donors (Lipinski definition) is 0. The molecule has 2 nitrogen and oxygen atoms in total. The van der Waals surface area contributed by atoms with Crippen molar-refractivity contribution in [1.82, 2.24) is 0 Å². The van der Waals surface area contributed by atoms with Crippen molar-refractivity contribution in [1.29, 1.82) is 0 Å². The van der Waals surface area contributed by atoms with Crippen molar-refractivity contribution in [2.45, 2.75) is 30.2 Å². The maximum Gasteiger partial charge on any atom is 0.104 e. The Kier molecular flexibility index (Phi) is 2.37. The molecule has 1 aromatic carbocycles. The molecule has 1 aliphatic heterocycles. The molecular weight excluding hydrogens is 228 g/mol. The first-order valence-corrected chi connectivity index (χ1v) is 6.28. The predicted octanol–water partition coefficient (Wildman–Crippen LogP) is 3.75. The van der Waals surface area contributed by atoms with E-state index in [9.17, 15) is 0 Å². The molecule has 0 unspecified atom stereocenters. The van der Waals surface area contributed by atoms with Gasteiger partial charge in [0.15, 0.2) is 0 Å². The van der Waals surface area contributed by atoms with Crippen molar-refractivity contribution in [3.8, 4) is 0 Å². The van der Waals surface area contributed by atoms with Crippen LogP contribution >= 0.6 is 23.5 Å². The molecule has 0 atom stereocenters. The van der Waals surface area contributed by atoms with E-state index in [4.69, 9.17) is 11.6 Å². The Bertz CT molecular complexity index is 415. The molecular formula is C11H11ClN2S. The predicted molar refractivity (Wildman–Crippen MR) is 65.9 cm³/mol. The third-order valence-corrected chi connectivity index (χ3v) is 3.95. The molecule has 0 aromatic heterocycles. The highest BCUT2D eigenvalue weighted by Crippen LogP contribution is 2.39. The summed E-state index contributed by atoms with van der Waals surface area (Å²) < 4.78 is 4.30. The SMILES string of the molecule is Clc1ccc2c(c1)SN=CN2C1CCC1. The van der Waals surface area contributed by atoms with Crippen LogP contribution < -0.4 is 4.90 Å². The molecule has 0 amide bonds. The lowest BCUT2D eigenvalue weighted by Gasteiger charge is -2.38. The Hall–Kier alpha value is -0.670. The van der Waals surface area contributed by atoms with Gasteiger partial charge >= 0.3 is 0 Å². The molecule has 0 radical (unpaired) electrons. The second-order valence-corrected chi connectivity index (χ2v) is 5.19. The Labute approximate surface area is 98.5 Å². The molecule has 1 aromatic rings. The van der Waals surface area contributed by atoms with Crippen molar-refractivity contribution < 1.29 is 0 Å². The van der Waals surface area contributed by atoms with Gasteiger partial charge in [0.1, 0.15) is 6.34 Å². The zero-order valence-electron chi connectivity index (χ0n) is 8.19. The number of anilines is 1. The van der Waals surface area contributed by atoms with Gasteiger partial charge in [-0.3, -0.25) is 0 Å². The minimum Gasteiger partial charge on any atom is -0.328 e.